The molecule has 4 rings (SSSR count). The number of benzene rings is 2. The van der Waals surface area contributed by atoms with E-state index in [9.17, 15) is 13.6 Å². The second-order valence-corrected chi connectivity index (χ2v) is 7.07. The maximum Gasteiger partial charge on any atom is 0.257 e. The topological polar surface area (TPSA) is 77.7 Å². The molecule has 0 aliphatic carbocycles. The predicted molar refractivity (Wildman–Crippen MR) is 105 cm³/mol. The van der Waals surface area contributed by atoms with Gasteiger partial charge in [0.1, 0.15) is 17.4 Å². The molecule has 1 fully saturated rings. The lowest BCUT2D eigenvalue weighted by atomic mass is 10.1. The molecule has 1 saturated heterocycles. The second kappa shape index (κ2) is 9.65. The third kappa shape index (κ3) is 5.43. The van der Waals surface area contributed by atoms with Crippen LogP contribution in [0.1, 0.15) is 29.8 Å². The molecule has 0 N–H and O–H groups in total. The molecule has 1 aromatic heterocycles. The molecule has 0 saturated carbocycles. The average molecular weight is 429 g/mol. The average Bonchev–Trinajstić information content (AvgIpc) is 3.24. The third-order valence-electron chi connectivity index (χ3n) is 4.87. The summed E-state index contributed by atoms with van der Waals surface area (Å²) in [6, 6.07) is 12.2. The van der Waals surface area contributed by atoms with Crippen molar-refractivity contribution in [2.24, 2.45) is 0 Å². The number of halogens is 2. The van der Waals surface area contributed by atoms with E-state index in [1.54, 1.807) is 35.2 Å². The van der Waals surface area contributed by atoms with Crippen LogP contribution < -0.4 is 4.74 Å². The molecule has 0 spiro atoms. The first-order valence-corrected chi connectivity index (χ1v) is 9.92. The van der Waals surface area contributed by atoms with Gasteiger partial charge in [-0.3, -0.25) is 4.79 Å². The van der Waals surface area contributed by atoms with Crippen LogP contribution in [-0.4, -0.2) is 47.3 Å². The molecule has 3 aromatic rings. The Labute approximate surface area is 177 Å². The van der Waals surface area contributed by atoms with E-state index in [1.165, 1.54) is 18.2 Å². The highest BCUT2D eigenvalue weighted by molar-refractivity contribution is 5.76. The summed E-state index contributed by atoms with van der Waals surface area (Å²) in [5.41, 5.74) is 0.467. The van der Waals surface area contributed by atoms with Gasteiger partial charge in [-0.2, -0.15) is 4.98 Å². The van der Waals surface area contributed by atoms with Crippen molar-refractivity contribution in [1.29, 1.82) is 0 Å². The summed E-state index contributed by atoms with van der Waals surface area (Å²) >= 11 is 0. The van der Waals surface area contributed by atoms with E-state index < -0.39 is 11.9 Å². The summed E-state index contributed by atoms with van der Waals surface area (Å²) in [6.07, 6.45) is -0.210. The van der Waals surface area contributed by atoms with Crippen molar-refractivity contribution < 1.29 is 27.6 Å². The molecule has 0 unspecified atom stereocenters. The van der Waals surface area contributed by atoms with E-state index in [2.05, 4.69) is 10.1 Å². The Morgan fingerprint density at radius 2 is 2.06 bits per heavy atom. The van der Waals surface area contributed by atoms with Crippen molar-refractivity contribution in [1.82, 2.24) is 15.0 Å². The molecule has 1 aliphatic heterocycles. The fraction of sp³-hybridized carbons (Fsp3) is 0.318. The SMILES string of the molecule is O=C(CCOc1cccc(F)c1)N1CCO[C@@H](c2nc(Cc3ccccc3F)no2)C1. The Hall–Kier alpha value is -3.33. The first kappa shape index (κ1) is 20.9. The fourth-order valence-electron chi connectivity index (χ4n) is 3.28. The number of hydrogen-bond acceptors (Lipinski definition) is 6. The number of ether oxygens (including phenoxy) is 2. The monoisotopic (exact) mass is 429 g/mol. The minimum atomic E-state index is -0.552. The summed E-state index contributed by atoms with van der Waals surface area (Å²) in [6.45, 7) is 1.16. The van der Waals surface area contributed by atoms with Crippen LogP contribution in [-0.2, 0) is 16.0 Å². The van der Waals surface area contributed by atoms with Crippen molar-refractivity contribution in [3.63, 3.8) is 0 Å². The minimum absolute atomic E-state index is 0.115. The van der Waals surface area contributed by atoms with Crippen molar-refractivity contribution in [3.8, 4) is 5.75 Å². The normalized spacial score (nSPS) is 16.3. The molecular formula is C22H21F2N3O4. The highest BCUT2D eigenvalue weighted by atomic mass is 19.1. The van der Waals surface area contributed by atoms with E-state index in [0.29, 0.717) is 30.3 Å². The molecule has 2 aromatic carbocycles. The van der Waals surface area contributed by atoms with Crippen molar-refractivity contribution in [3.05, 3.63) is 77.4 Å². The summed E-state index contributed by atoms with van der Waals surface area (Å²) in [5.74, 6) is 0.126. The van der Waals surface area contributed by atoms with Crippen LogP contribution in [0.2, 0.25) is 0 Å². The van der Waals surface area contributed by atoms with E-state index in [1.807, 2.05) is 0 Å². The quantitative estimate of drug-likeness (QED) is 0.574. The molecule has 31 heavy (non-hydrogen) atoms. The second-order valence-electron chi connectivity index (χ2n) is 7.07. The van der Waals surface area contributed by atoms with Crippen LogP contribution in [0.4, 0.5) is 8.78 Å². The number of carbonyl (C=O) groups excluding carboxylic acids is 1. The molecule has 9 heteroatoms. The molecular weight excluding hydrogens is 408 g/mol. The predicted octanol–water partition coefficient (Wildman–Crippen LogP) is 3.31. The van der Waals surface area contributed by atoms with Gasteiger partial charge >= 0.3 is 0 Å². The lowest BCUT2D eigenvalue weighted by Gasteiger charge is -2.31. The maximum atomic E-state index is 13.8. The highest BCUT2D eigenvalue weighted by Gasteiger charge is 2.29. The Morgan fingerprint density at radius 1 is 1.19 bits per heavy atom. The number of carbonyl (C=O) groups is 1. The number of aromatic nitrogens is 2. The number of hydrogen-bond donors (Lipinski definition) is 0. The zero-order valence-corrected chi connectivity index (χ0v) is 16.7. The largest absolute Gasteiger partial charge is 0.493 e. The van der Waals surface area contributed by atoms with E-state index in [0.717, 1.165) is 0 Å². The molecule has 0 bridgehead atoms. The van der Waals surface area contributed by atoms with Gasteiger partial charge in [0, 0.05) is 19.0 Å². The molecule has 2 heterocycles. The van der Waals surface area contributed by atoms with Crippen molar-refractivity contribution in [2.45, 2.75) is 18.9 Å². The van der Waals surface area contributed by atoms with Crippen LogP contribution in [0, 0.1) is 11.6 Å². The zero-order valence-electron chi connectivity index (χ0n) is 16.7. The first-order chi connectivity index (χ1) is 15.1. The number of amides is 1. The van der Waals surface area contributed by atoms with Crippen molar-refractivity contribution >= 4 is 5.91 Å². The molecule has 1 atom stereocenters. The van der Waals surface area contributed by atoms with Gasteiger partial charge < -0.3 is 18.9 Å². The van der Waals surface area contributed by atoms with Crippen molar-refractivity contribution in [2.75, 3.05) is 26.3 Å². The molecule has 7 nitrogen and oxygen atoms in total. The van der Waals surface area contributed by atoms with Gasteiger partial charge in [0.15, 0.2) is 11.9 Å². The lowest BCUT2D eigenvalue weighted by molar-refractivity contribution is -0.140. The number of nitrogens with zero attached hydrogens (tertiary/aromatic N) is 3. The van der Waals surface area contributed by atoms with E-state index in [4.69, 9.17) is 14.0 Å². The summed E-state index contributed by atoms with van der Waals surface area (Å²) in [5, 5.41) is 3.90. The number of rotatable bonds is 7. The van der Waals surface area contributed by atoms with Gasteiger partial charge in [-0.05, 0) is 23.8 Å². The lowest BCUT2D eigenvalue weighted by Crippen LogP contribution is -2.42. The molecule has 0 radical (unpaired) electrons. The molecule has 1 amide bonds. The van der Waals surface area contributed by atoms with Gasteiger partial charge in [0.05, 0.1) is 26.2 Å². The van der Waals surface area contributed by atoms with Gasteiger partial charge in [0.25, 0.3) is 5.89 Å². The Balaban J connectivity index is 1.30. The van der Waals surface area contributed by atoms with Crippen LogP contribution in [0.15, 0.2) is 53.1 Å². The standard InChI is InChI=1S/C22H21F2N3O4/c23-16-5-3-6-17(13-16)29-10-8-21(28)27-9-11-30-19(14-27)22-25-20(26-31-22)12-15-4-1-2-7-18(15)24/h1-7,13,19H,8-12,14H2/t19-/m1/s1. The summed E-state index contributed by atoms with van der Waals surface area (Å²) < 4.78 is 43.4. The maximum absolute atomic E-state index is 13.8. The molecule has 1 aliphatic rings. The Morgan fingerprint density at radius 3 is 2.90 bits per heavy atom. The summed E-state index contributed by atoms with van der Waals surface area (Å²) in [7, 11) is 0. The number of morpholine rings is 1. The Kier molecular flexibility index (Phi) is 6.51. The smallest absolute Gasteiger partial charge is 0.257 e. The highest BCUT2D eigenvalue weighted by Crippen LogP contribution is 2.22. The van der Waals surface area contributed by atoms with Crippen LogP contribution in [0.5, 0.6) is 5.75 Å². The van der Waals surface area contributed by atoms with Crippen LogP contribution in [0.3, 0.4) is 0 Å². The van der Waals surface area contributed by atoms with Crippen LogP contribution >= 0.6 is 0 Å². The van der Waals surface area contributed by atoms with Crippen LogP contribution in [0.25, 0.3) is 0 Å². The first-order valence-electron chi connectivity index (χ1n) is 9.92. The van der Waals surface area contributed by atoms with E-state index >= 15 is 0 Å². The molecule has 162 valence electrons. The third-order valence-corrected chi connectivity index (χ3v) is 4.87. The zero-order chi connectivity index (χ0) is 21.6. The fourth-order valence-corrected chi connectivity index (χ4v) is 3.28. The van der Waals surface area contributed by atoms with Gasteiger partial charge in [-0.15, -0.1) is 0 Å². The Bertz CT molecular complexity index is 1040. The minimum Gasteiger partial charge on any atom is -0.493 e. The van der Waals surface area contributed by atoms with Gasteiger partial charge in [0.2, 0.25) is 5.91 Å². The summed E-state index contributed by atoms with van der Waals surface area (Å²) in [4.78, 5) is 18.5. The van der Waals surface area contributed by atoms with E-state index in [-0.39, 0.29) is 43.6 Å². The van der Waals surface area contributed by atoms with Gasteiger partial charge in [-0.1, -0.05) is 29.4 Å². The van der Waals surface area contributed by atoms with Gasteiger partial charge in [-0.25, -0.2) is 8.78 Å².